The molecule has 0 fully saturated rings. The Kier molecular flexibility index (Phi) is 5.84. The Morgan fingerprint density at radius 2 is 1.76 bits per heavy atom. The lowest BCUT2D eigenvalue weighted by Crippen LogP contribution is -2.04. The number of nitrogens with one attached hydrogen (secondary N) is 1. The predicted molar refractivity (Wildman–Crippen MR) is 86.5 cm³/mol. The average molecular weight is 301 g/mol. The first-order valence-corrected chi connectivity index (χ1v) is 7.82. The molecule has 0 aromatic heterocycles. The van der Waals surface area contributed by atoms with Crippen LogP contribution < -0.4 is 5.32 Å². The molecule has 0 spiro atoms. The molecule has 0 aliphatic carbocycles. The molecule has 0 bridgehead atoms. The maximum absolute atomic E-state index is 10.9. The van der Waals surface area contributed by atoms with Gasteiger partial charge in [0.05, 0.1) is 6.42 Å². The van der Waals surface area contributed by atoms with Crippen molar-refractivity contribution >= 4 is 17.7 Å². The number of benzene rings is 2. The van der Waals surface area contributed by atoms with Crippen molar-refractivity contribution in [3.63, 3.8) is 0 Å². The molecule has 0 saturated heterocycles. The van der Waals surface area contributed by atoms with Gasteiger partial charge in [-0.25, -0.2) is 0 Å². The summed E-state index contributed by atoms with van der Waals surface area (Å²) < 4.78 is 0. The minimum absolute atomic E-state index is 0.0812. The number of hydrogen-bond acceptors (Lipinski definition) is 3. The normalized spacial score (nSPS) is 10.5. The third-order valence-electron chi connectivity index (χ3n) is 3.16. The molecule has 0 radical (unpaired) electrons. The van der Waals surface area contributed by atoms with E-state index in [1.807, 2.05) is 31.3 Å². The van der Waals surface area contributed by atoms with Crippen molar-refractivity contribution in [1.82, 2.24) is 5.32 Å². The van der Waals surface area contributed by atoms with Crippen molar-refractivity contribution in [3.8, 4) is 0 Å². The van der Waals surface area contributed by atoms with Crippen LogP contribution in [-0.2, 0) is 23.5 Å². The van der Waals surface area contributed by atoms with Gasteiger partial charge in [0, 0.05) is 17.2 Å². The van der Waals surface area contributed by atoms with Gasteiger partial charge in [-0.15, -0.1) is 11.8 Å². The average Bonchev–Trinajstić information content (AvgIpc) is 2.48. The summed E-state index contributed by atoms with van der Waals surface area (Å²) in [7, 11) is 1.93. The maximum atomic E-state index is 10.9. The highest BCUT2D eigenvalue weighted by Gasteiger charge is 2.06. The van der Waals surface area contributed by atoms with Gasteiger partial charge in [0.15, 0.2) is 0 Å². The highest BCUT2D eigenvalue weighted by atomic mass is 32.2. The van der Waals surface area contributed by atoms with Gasteiger partial charge in [0.25, 0.3) is 0 Å². The minimum Gasteiger partial charge on any atom is -0.481 e. The molecule has 0 unspecified atom stereocenters. The van der Waals surface area contributed by atoms with Crippen LogP contribution >= 0.6 is 11.8 Å². The molecule has 2 rings (SSSR count). The van der Waals surface area contributed by atoms with Gasteiger partial charge in [0.1, 0.15) is 0 Å². The van der Waals surface area contributed by atoms with Crippen LogP contribution in [0.2, 0.25) is 0 Å². The van der Waals surface area contributed by atoms with Crippen molar-refractivity contribution in [3.05, 3.63) is 65.2 Å². The minimum atomic E-state index is -0.788. The van der Waals surface area contributed by atoms with E-state index >= 15 is 0 Å². The SMILES string of the molecule is CNCc1ccc(SCc2ccccc2CC(=O)O)cc1. The fourth-order valence-corrected chi connectivity index (χ4v) is 3.03. The summed E-state index contributed by atoms with van der Waals surface area (Å²) in [5.74, 6) is -0.00155. The van der Waals surface area contributed by atoms with Gasteiger partial charge in [-0.1, -0.05) is 36.4 Å². The van der Waals surface area contributed by atoms with Crippen molar-refractivity contribution in [2.75, 3.05) is 7.05 Å². The molecular weight excluding hydrogens is 282 g/mol. The molecule has 2 N–H and O–H groups in total. The van der Waals surface area contributed by atoms with E-state index in [4.69, 9.17) is 5.11 Å². The third-order valence-corrected chi connectivity index (χ3v) is 4.22. The second-order valence-corrected chi connectivity index (χ2v) is 5.85. The van der Waals surface area contributed by atoms with Crippen LogP contribution in [0.15, 0.2) is 53.4 Å². The Labute approximate surface area is 129 Å². The number of aliphatic carboxylic acids is 1. The Bertz CT molecular complexity index is 596. The zero-order valence-corrected chi connectivity index (χ0v) is 12.8. The van der Waals surface area contributed by atoms with E-state index in [-0.39, 0.29) is 6.42 Å². The van der Waals surface area contributed by atoms with Crippen LogP contribution in [0.5, 0.6) is 0 Å². The fraction of sp³-hybridized carbons (Fsp3) is 0.235. The molecule has 110 valence electrons. The first kappa shape index (κ1) is 15.6. The largest absolute Gasteiger partial charge is 0.481 e. The molecule has 0 saturated carbocycles. The summed E-state index contributed by atoms with van der Waals surface area (Å²) in [6.45, 7) is 0.867. The standard InChI is InChI=1S/C17H19NO2S/c1-18-11-13-6-8-16(9-7-13)21-12-15-5-3-2-4-14(15)10-17(19)20/h2-9,18H,10-12H2,1H3,(H,19,20). The monoisotopic (exact) mass is 301 g/mol. The van der Waals surface area contributed by atoms with Gasteiger partial charge in [-0.2, -0.15) is 0 Å². The summed E-state index contributed by atoms with van der Waals surface area (Å²) in [6, 6.07) is 16.2. The molecule has 0 aliphatic heterocycles. The van der Waals surface area contributed by atoms with E-state index in [1.165, 1.54) is 10.5 Å². The maximum Gasteiger partial charge on any atom is 0.307 e. The van der Waals surface area contributed by atoms with Crippen molar-refractivity contribution in [2.24, 2.45) is 0 Å². The topological polar surface area (TPSA) is 49.3 Å². The molecule has 21 heavy (non-hydrogen) atoms. The molecule has 0 heterocycles. The predicted octanol–water partition coefficient (Wildman–Crippen LogP) is 3.33. The van der Waals surface area contributed by atoms with E-state index < -0.39 is 5.97 Å². The van der Waals surface area contributed by atoms with Gasteiger partial charge >= 0.3 is 5.97 Å². The van der Waals surface area contributed by atoms with Crippen LogP contribution in [0, 0.1) is 0 Å². The van der Waals surface area contributed by atoms with E-state index in [2.05, 4.69) is 29.6 Å². The van der Waals surface area contributed by atoms with Crippen molar-refractivity contribution < 1.29 is 9.90 Å². The number of carbonyl (C=O) groups is 1. The van der Waals surface area contributed by atoms with Crippen LogP contribution in [0.3, 0.4) is 0 Å². The van der Waals surface area contributed by atoms with E-state index in [9.17, 15) is 4.79 Å². The van der Waals surface area contributed by atoms with Gasteiger partial charge in [-0.05, 0) is 35.9 Å². The Balaban J connectivity index is 2.00. The lowest BCUT2D eigenvalue weighted by Gasteiger charge is -2.08. The van der Waals surface area contributed by atoms with Crippen molar-refractivity contribution in [2.45, 2.75) is 23.6 Å². The molecule has 3 nitrogen and oxygen atoms in total. The lowest BCUT2D eigenvalue weighted by molar-refractivity contribution is -0.136. The van der Waals surface area contributed by atoms with Crippen LogP contribution in [0.25, 0.3) is 0 Å². The number of carboxylic acids is 1. The Morgan fingerprint density at radius 3 is 2.38 bits per heavy atom. The number of thioether (sulfide) groups is 1. The van der Waals surface area contributed by atoms with Crippen LogP contribution in [0.4, 0.5) is 0 Å². The second-order valence-electron chi connectivity index (χ2n) is 4.80. The Morgan fingerprint density at radius 1 is 1.10 bits per heavy atom. The van der Waals surface area contributed by atoms with E-state index in [1.54, 1.807) is 11.8 Å². The smallest absolute Gasteiger partial charge is 0.307 e. The van der Waals surface area contributed by atoms with E-state index in [0.717, 1.165) is 23.4 Å². The quantitative estimate of drug-likeness (QED) is 0.770. The lowest BCUT2D eigenvalue weighted by atomic mass is 10.1. The highest BCUT2D eigenvalue weighted by molar-refractivity contribution is 7.98. The van der Waals surface area contributed by atoms with Gasteiger partial charge < -0.3 is 10.4 Å². The summed E-state index contributed by atoms with van der Waals surface area (Å²) in [4.78, 5) is 12.1. The van der Waals surface area contributed by atoms with Gasteiger partial charge in [0.2, 0.25) is 0 Å². The zero-order chi connectivity index (χ0) is 15.1. The summed E-state index contributed by atoms with van der Waals surface area (Å²) in [5.41, 5.74) is 3.24. The molecule has 0 aliphatic rings. The van der Waals surface area contributed by atoms with Gasteiger partial charge in [-0.3, -0.25) is 4.79 Å². The van der Waals surface area contributed by atoms with E-state index in [0.29, 0.717) is 0 Å². The molecule has 4 heteroatoms. The first-order chi connectivity index (χ1) is 10.2. The molecule has 2 aromatic rings. The summed E-state index contributed by atoms with van der Waals surface area (Å²) >= 11 is 1.73. The molecule has 0 amide bonds. The van der Waals surface area contributed by atoms with Crippen molar-refractivity contribution in [1.29, 1.82) is 0 Å². The zero-order valence-electron chi connectivity index (χ0n) is 12.0. The molecular formula is C17H19NO2S. The Hall–Kier alpha value is -1.78. The summed E-state index contributed by atoms with van der Waals surface area (Å²) in [5, 5.41) is 12.1. The molecule has 0 atom stereocenters. The molecule has 2 aromatic carbocycles. The van der Waals surface area contributed by atoms with Crippen LogP contribution in [0.1, 0.15) is 16.7 Å². The highest BCUT2D eigenvalue weighted by Crippen LogP contribution is 2.25. The summed E-state index contributed by atoms with van der Waals surface area (Å²) in [6.07, 6.45) is 0.0812. The second kappa shape index (κ2) is 7.86. The number of hydrogen-bond donors (Lipinski definition) is 2. The number of rotatable bonds is 7. The fourth-order valence-electron chi connectivity index (χ4n) is 2.10. The number of carboxylic acid groups (broad SMARTS) is 1. The van der Waals surface area contributed by atoms with Crippen LogP contribution in [-0.4, -0.2) is 18.1 Å². The third kappa shape index (κ3) is 4.92. The first-order valence-electron chi connectivity index (χ1n) is 6.84.